The van der Waals surface area contributed by atoms with E-state index in [0.29, 0.717) is 12.8 Å². The number of aliphatic hydroxyl groups excluding tert-OH is 11. The first-order valence-corrected chi connectivity index (χ1v) is 39.2. The van der Waals surface area contributed by atoms with E-state index in [2.05, 4.69) is 36.6 Å². The molecule has 0 aromatic heterocycles. The third-order valence-electron chi connectivity index (χ3n) is 19.9. The Balaban J connectivity index is 1.41. The van der Waals surface area contributed by atoms with E-state index in [1.807, 2.05) is 6.08 Å². The van der Waals surface area contributed by atoms with Gasteiger partial charge in [-0.1, -0.05) is 263 Å². The van der Waals surface area contributed by atoms with E-state index in [9.17, 15) is 75.7 Å². The van der Waals surface area contributed by atoms with E-state index in [1.54, 1.807) is 6.08 Å². The van der Waals surface area contributed by atoms with Crippen LogP contribution in [-0.2, 0) is 42.8 Å². The number of carbonyl (C=O) groups is 3. The number of allylic oxidation sites excluding steroid dienone is 3. The van der Waals surface area contributed by atoms with Gasteiger partial charge in [-0.15, -0.1) is 0 Å². The molecule has 0 radical (unpaired) electrons. The van der Waals surface area contributed by atoms with Crippen LogP contribution >= 0.6 is 0 Å². The Morgan fingerprint density at radius 3 is 1.37 bits per heavy atom. The number of aliphatic carboxylic acids is 1. The molecule has 23 nitrogen and oxygen atoms in total. The zero-order valence-corrected chi connectivity index (χ0v) is 61.1. The fourth-order valence-corrected chi connectivity index (χ4v) is 13.6. The quantitative estimate of drug-likeness (QED) is 0.0199. The number of carboxylic acid groups (broad SMARTS) is 1. The molecule has 14 N–H and O–H groups in total. The van der Waals surface area contributed by atoms with Gasteiger partial charge >= 0.3 is 5.97 Å². The van der Waals surface area contributed by atoms with Crippen molar-refractivity contribution in [3.05, 3.63) is 24.3 Å². The molecule has 0 aliphatic carbocycles. The lowest BCUT2D eigenvalue weighted by Gasteiger charge is -2.50. The number of hydrogen-bond acceptors (Lipinski definition) is 20. The van der Waals surface area contributed by atoms with Crippen molar-refractivity contribution < 1.29 is 104 Å². The monoisotopic (exact) mass is 1420 g/mol. The Labute approximate surface area is 594 Å². The highest BCUT2D eigenvalue weighted by molar-refractivity contribution is 5.77. The van der Waals surface area contributed by atoms with Gasteiger partial charge in [0.1, 0.15) is 67.1 Å². The van der Waals surface area contributed by atoms with Crippen LogP contribution in [0.25, 0.3) is 0 Å². The zero-order chi connectivity index (χ0) is 72.5. The first kappa shape index (κ1) is 90.4. The molecule has 23 heteroatoms. The Morgan fingerprint density at radius 1 is 0.525 bits per heavy atom. The third-order valence-corrected chi connectivity index (χ3v) is 19.9. The van der Waals surface area contributed by atoms with Crippen molar-refractivity contribution in [3.8, 4) is 0 Å². The SMILES string of the molecule is CCCCCCCCCC/C=C/C(O)C(COC1OC(CO)C(OC2OC(CO)C(O)C(OC3(C(=O)O)CC(O)C(NC(C)=O)C(C(O)C(O)CO)O3)C2O)C(O)C1O)NC(=O)CCCCCCCCCCCCCCCCCCC/C=C\CCCCCCCCCCCCCCCC. The van der Waals surface area contributed by atoms with Gasteiger partial charge < -0.3 is 100 Å². The maximum atomic E-state index is 13.5. The van der Waals surface area contributed by atoms with Gasteiger partial charge in [-0.05, 0) is 44.9 Å². The van der Waals surface area contributed by atoms with E-state index < -0.39 is 155 Å². The van der Waals surface area contributed by atoms with Crippen molar-refractivity contribution in [3.63, 3.8) is 0 Å². The number of carbonyl (C=O) groups excluding carboxylic acids is 2. The molecule has 3 aliphatic rings. The van der Waals surface area contributed by atoms with E-state index in [0.717, 1.165) is 51.9 Å². The van der Waals surface area contributed by atoms with Crippen LogP contribution in [0.5, 0.6) is 0 Å². The van der Waals surface area contributed by atoms with Crippen LogP contribution in [0.15, 0.2) is 24.3 Å². The lowest BCUT2D eigenvalue weighted by atomic mass is 9.88. The summed E-state index contributed by atoms with van der Waals surface area (Å²) in [5.41, 5.74) is 0. The van der Waals surface area contributed by atoms with Gasteiger partial charge in [0.05, 0.1) is 50.7 Å². The second-order valence-electron chi connectivity index (χ2n) is 28.6. The Bertz CT molecular complexity index is 2080. The molecule has 3 aliphatic heterocycles. The van der Waals surface area contributed by atoms with Crippen LogP contribution < -0.4 is 10.6 Å². The zero-order valence-electron chi connectivity index (χ0n) is 61.1. The summed E-state index contributed by atoms with van der Waals surface area (Å²) in [5, 5.41) is 136. The van der Waals surface area contributed by atoms with Crippen LogP contribution in [0.3, 0.4) is 0 Å². The lowest BCUT2D eigenvalue weighted by molar-refractivity contribution is -0.386. The third kappa shape index (κ3) is 36.7. The smallest absolute Gasteiger partial charge is 0.364 e. The fraction of sp³-hybridized carbons (Fsp3) is 0.908. The minimum absolute atomic E-state index is 0.203. The molecule has 2 amide bonds. The summed E-state index contributed by atoms with van der Waals surface area (Å²) in [6.07, 6.45) is 31.4. The second kappa shape index (κ2) is 55.7. The topological polar surface area (TPSA) is 373 Å². The van der Waals surface area contributed by atoms with Gasteiger partial charge in [-0.2, -0.15) is 0 Å². The van der Waals surface area contributed by atoms with Crippen LogP contribution in [0, 0.1) is 0 Å². The Kier molecular flexibility index (Phi) is 50.8. The molecule has 3 fully saturated rings. The van der Waals surface area contributed by atoms with Crippen LogP contribution in [-0.4, -0.2) is 215 Å². The maximum Gasteiger partial charge on any atom is 0.364 e. The molecule has 3 saturated heterocycles. The molecule has 18 unspecified atom stereocenters. The molecule has 0 saturated carbocycles. The number of carboxylic acids is 1. The molecule has 99 heavy (non-hydrogen) atoms. The lowest BCUT2D eigenvalue weighted by Crippen LogP contribution is -2.70. The van der Waals surface area contributed by atoms with E-state index in [4.69, 9.17) is 28.4 Å². The number of hydrogen-bond donors (Lipinski definition) is 14. The van der Waals surface area contributed by atoms with Gasteiger partial charge in [0.15, 0.2) is 12.6 Å². The number of aliphatic hydroxyl groups is 11. The standard InChI is InChI=1S/C76H140N2O21/c1-4-6-8-10-12-14-16-17-18-19-20-21-22-23-24-25-26-27-28-29-30-31-32-33-34-35-36-37-38-39-40-42-44-46-48-50-63(86)78-57(58(83)49-47-45-43-41-15-13-11-9-7-5-2)55-94-73-68(90)67(89)70(62(54-81)96-73)97-74-69(91)72(66(88)61(53-80)95-74)99-76(75(92)93)51-59(84)64(77-56(3)82)71(98-76)65(87)60(85)52-79/h25-26,47,49,57-62,64-74,79-81,83-85,87-91H,4-24,27-46,48,50-55H2,1-3H3,(H,77,82)(H,78,86)(H,92,93)/b26-25-,49-47+. The minimum Gasteiger partial charge on any atom is -0.477 e. The van der Waals surface area contributed by atoms with Crippen molar-refractivity contribution in [1.82, 2.24) is 10.6 Å². The Morgan fingerprint density at radius 2 is 0.949 bits per heavy atom. The minimum atomic E-state index is -3.08. The predicted molar refractivity (Wildman–Crippen MR) is 380 cm³/mol. The van der Waals surface area contributed by atoms with E-state index >= 15 is 0 Å². The molecule has 18 atom stereocenters. The van der Waals surface area contributed by atoms with Gasteiger partial charge in [0, 0.05) is 19.8 Å². The first-order chi connectivity index (χ1) is 47.9. The summed E-state index contributed by atoms with van der Waals surface area (Å²) in [4.78, 5) is 38.5. The largest absolute Gasteiger partial charge is 0.477 e. The summed E-state index contributed by atoms with van der Waals surface area (Å²) in [6.45, 7) is 2.12. The molecule has 3 heterocycles. The summed E-state index contributed by atoms with van der Waals surface area (Å²) >= 11 is 0. The van der Waals surface area contributed by atoms with Crippen molar-refractivity contribution in [2.75, 3.05) is 26.4 Å². The molecule has 0 aromatic rings. The van der Waals surface area contributed by atoms with Gasteiger partial charge in [-0.25, -0.2) is 4.79 Å². The summed E-state index contributed by atoms with van der Waals surface area (Å²) in [7, 11) is 0. The van der Waals surface area contributed by atoms with E-state index in [1.165, 1.54) is 212 Å². The molecule has 580 valence electrons. The first-order valence-electron chi connectivity index (χ1n) is 39.2. The van der Waals surface area contributed by atoms with E-state index in [-0.39, 0.29) is 12.3 Å². The molecular formula is C76H140N2O21. The summed E-state index contributed by atoms with van der Waals surface area (Å²) in [6, 6.07) is -2.62. The van der Waals surface area contributed by atoms with Crippen molar-refractivity contribution in [1.29, 1.82) is 0 Å². The molecular weight excluding hydrogens is 1280 g/mol. The maximum absolute atomic E-state index is 13.5. The predicted octanol–water partition coefficient (Wildman–Crippen LogP) is 9.57. The van der Waals surface area contributed by atoms with Gasteiger partial charge in [0.2, 0.25) is 11.8 Å². The highest BCUT2D eigenvalue weighted by atomic mass is 16.8. The number of unbranched alkanes of at least 4 members (excludes halogenated alkanes) is 39. The highest BCUT2D eigenvalue weighted by Crippen LogP contribution is 2.39. The van der Waals surface area contributed by atoms with Crippen LogP contribution in [0.4, 0.5) is 0 Å². The highest BCUT2D eigenvalue weighted by Gasteiger charge is 2.60. The summed E-state index contributed by atoms with van der Waals surface area (Å²) in [5.74, 6) is -6.14. The number of ether oxygens (including phenoxy) is 6. The van der Waals surface area contributed by atoms with Crippen LogP contribution in [0.2, 0.25) is 0 Å². The molecule has 0 bridgehead atoms. The molecule has 3 rings (SSSR count). The van der Waals surface area contributed by atoms with Gasteiger partial charge in [-0.3, -0.25) is 9.59 Å². The number of nitrogens with one attached hydrogen (secondary N) is 2. The average Bonchev–Trinajstić information content (AvgIpc) is 0.755. The number of rotatable bonds is 61. The number of amides is 2. The average molecular weight is 1420 g/mol. The molecule has 0 aromatic carbocycles. The normalized spacial score (nSPS) is 27.2. The van der Waals surface area contributed by atoms with Crippen molar-refractivity contribution in [2.24, 2.45) is 0 Å². The van der Waals surface area contributed by atoms with Crippen molar-refractivity contribution in [2.45, 2.75) is 413 Å². The fourth-order valence-electron chi connectivity index (χ4n) is 13.6. The van der Waals surface area contributed by atoms with Crippen molar-refractivity contribution >= 4 is 17.8 Å². The summed E-state index contributed by atoms with van der Waals surface area (Å²) < 4.78 is 34.8. The Hall–Kier alpha value is -2.79. The van der Waals surface area contributed by atoms with Crippen LogP contribution in [0.1, 0.15) is 303 Å². The second-order valence-corrected chi connectivity index (χ2v) is 28.6. The van der Waals surface area contributed by atoms with Gasteiger partial charge in [0.25, 0.3) is 5.79 Å². The molecule has 0 spiro atoms.